The van der Waals surface area contributed by atoms with E-state index in [2.05, 4.69) is 5.32 Å². The maximum Gasteiger partial charge on any atom is 0.262 e. The molecule has 0 radical (unpaired) electrons. The molecule has 1 amide bonds. The van der Waals surface area contributed by atoms with Crippen LogP contribution in [0.3, 0.4) is 0 Å². The van der Waals surface area contributed by atoms with Gasteiger partial charge in [0.25, 0.3) is 5.91 Å². The van der Waals surface area contributed by atoms with Gasteiger partial charge in [-0.2, -0.15) is 5.26 Å². The molecule has 0 spiro atoms. The Hall–Kier alpha value is -2.38. The lowest BCUT2D eigenvalue weighted by Crippen LogP contribution is -2.32. The first-order valence-electron chi connectivity index (χ1n) is 7.44. The molecule has 1 aromatic carbocycles. The first kappa shape index (κ1) is 16.0. The lowest BCUT2D eigenvalue weighted by Gasteiger charge is -2.10. The summed E-state index contributed by atoms with van der Waals surface area (Å²) >= 11 is 0. The molecule has 1 saturated heterocycles. The van der Waals surface area contributed by atoms with Crippen molar-refractivity contribution in [3.63, 3.8) is 0 Å². The van der Waals surface area contributed by atoms with E-state index in [1.807, 2.05) is 49.4 Å². The quantitative estimate of drug-likeness (QED) is 0.516. The number of carbonyl (C=O) groups is 1. The van der Waals surface area contributed by atoms with Gasteiger partial charge in [0.15, 0.2) is 0 Å². The number of rotatable bonds is 5. The Balaban J connectivity index is 1.98. The number of ether oxygens (including phenoxy) is 1. The zero-order chi connectivity index (χ0) is 15.8. The molecule has 1 aromatic rings. The summed E-state index contributed by atoms with van der Waals surface area (Å²) in [7, 11) is 0. The monoisotopic (exact) mass is 296 g/mol. The number of nitriles is 1. The van der Waals surface area contributed by atoms with Gasteiger partial charge in [-0.3, -0.25) is 4.79 Å². The molecule has 0 aromatic heterocycles. The second-order valence-corrected chi connectivity index (χ2v) is 5.31. The predicted molar refractivity (Wildman–Crippen MR) is 85.8 cm³/mol. The van der Waals surface area contributed by atoms with E-state index >= 15 is 0 Å². The normalized spacial score (nSPS) is 18.8. The van der Waals surface area contributed by atoms with Gasteiger partial charge in [0.05, 0.1) is 6.10 Å². The van der Waals surface area contributed by atoms with Crippen molar-refractivity contribution in [2.75, 3.05) is 13.2 Å². The van der Waals surface area contributed by atoms with Crippen LogP contribution in [0.1, 0.15) is 25.3 Å². The van der Waals surface area contributed by atoms with Crippen molar-refractivity contribution in [1.82, 2.24) is 5.32 Å². The summed E-state index contributed by atoms with van der Waals surface area (Å²) in [6, 6.07) is 11.7. The van der Waals surface area contributed by atoms with Crippen LogP contribution >= 0.6 is 0 Å². The first-order chi connectivity index (χ1) is 10.7. The average molecular weight is 296 g/mol. The zero-order valence-electron chi connectivity index (χ0n) is 12.7. The molecule has 1 atom stereocenters. The molecule has 114 valence electrons. The van der Waals surface area contributed by atoms with Crippen LogP contribution in [-0.4, -0.2) is 25.2 Å². The van der Waals surface area contributed by atoms with E-state index in [4.69, 9.17) is 10.00 Å². The van der Waals surface area contributed by atoms with Crippen molar-refractivity contribution >= 4 is 12.0 Å². The topological polar surface area (TPSA) is 62.1 Å². The van der Waals surface area contributed by atoms with Crippen molar-refractivity contribution in [2.24, 2.45) is 0 Å². The van der Waals surface area contributed by atoms with Crippen LogP contribution < -0.4 is 5.32 Å². The minimum Gasteiger partial charge on any atom is -0.376 e. The maximum atomic E-state index is 12.0. The van der Waals surface area contributed by atoms with Crippen molar-refractivity contribution < 1.29 is 9.53 Å². The second-order valence-electron chi connectivity index (χ2n) is 5.31. The van der Waals surface area contributed by atoms with Crippen LogP contribution in [0.2, 0.25) is 0 Å². The van der Waals surface area contributed by atoms with Gasteiger partial charge in [-0.25, -0.2) is 0 Å². The molecule has 1 unspecified atom stereocenters. The highest BCUT2D eigenvalue weighted by molar-refractivity contribution is 5.97. The fourth-order valence-electron chi connectivity index (χ4n) is 2.34. The van der Waals surface area contributed by atoms with E-state index in [1.54, 1.807) is 6.08 Å². The highest BCUT2D eigenvalue weighted by atomic mass is 16.5. The molecule has 0 bridgehead atoms. The Kier molecular flexibility index (Phi) is 5.93. The number of allylic oxidation sites excluding steroid dienone is 2. The first-order valence-corrected chi connectivity index (χ1v) is 7.44. The minimum absolute atomic E-state index is 0.0739. The molecule has 1 fully saturated rings. The maximum absolute atomic E-state index is 12.0. The molecule has 1 aliphatic heterocycles. The van der Waals surface area contributed by atoms with Crippen LogP contribution in [0, 0.1) is 11.3 Å². The van der Waals surface area contributed by atoms with Crippen molar-refractivity contribution in [3.8, 4) is 6.07 Å². The SMILES string of the molecule is CC(=C\c1ccccc1)/C=C(\C#N)C(=O)NCC1CCCO1. The van der Waals surface area contributed by atoms with Crippen LogP contribution in [-0.2, 0) is 9.53 Å². The van der Waals surface area contributed by atoms with E-state index in [9.17, 15) is 4.79 Å². The van der Waals surface area contributed by atoms with Gasteiger partial charge >= 0.3 is 0 Å². The molecule has 2 rings (SSSR count). The number of amides is 1. The highest BCUT2D eigenvalue weighted by Gasteiger charge is 2.17. The lowest BCUT2D eigenvalue weighted by atomic mass is 10.1. The number of carbonyl (C=O) groups excluding carboxylic acids is 1. The third kappa shape index (κ3) is 4.87. The molecule has 0 saturated carbocycles. The van der Waals surface area contributed by atoms with E-state index in [-0.39, 0.29) is 17.6 Å². The van der Waals surface area contributed by atoms with Gasteiger partial charge in [0.1, 0.15) is 11.6 Å². The third-order valence-electron chi connectivity index (χ3n) is 3.45. The third-order valence-corrected chi connectivity index (χ3v) is 3.45. The largest absolute Gasteiger partial charge is 0.376 e. The van der Waals surface area contributed by atoms with Crippen molar-refractivity contribution in [1.29, 1.82) is 5.26 Å². The van der Waals surface area contributed by atoms with E-state index < -0.39 is 0 Å². The molecule has 0 aliphatic carbocycles. The number of nitrogens with zero attached hydrogens (tertiary/aromatic N) is 1. The summed E-state index contributed by atoms with van der Waals surface area (Å²) in [5.74, 6) is -0.348. The number of nitrogens with one attached hydrogen (secondary N) is 1. The Morgan fingerprint density at radius 3 is 2.86 bits per heavy atom. The number of hydrogen-bond acceptors (Lipinski definition) is 3. The smallest absolute Gasteiger partial charge is 0.262 e. The van der Waals surface area contributed by atoms with E-state index in [0.717, 1.165) is 30.6 Å². The van der Waals surface area contributed by atoms with Crippen LogP contribution in [0.25, 0.3) is 6.08 Å². The number of benzene rings is 1. The van der Waals surface area contributed by atoms with E-state index in [0.29, 0.717) is 6.54 Å². The Bertz CT molecular complexity index is 606. The molecule has 1 N–H and O–H groups in total. The van der Waals surface area contributed by atoms with Crippen LogP contribution in [0.5, 0.6) is 0 Å². The Labute approximate surface area is 131 Å². The Morgan fingerprint density at radius 2 is 2.23 bits per heavy atom. The van der Waals surface area contributed by atoms with Gasteiger partial charge < -0.3 is 10.1 Å². The van der Waals surface area contributed by atoms with Gasteiger partial charge in [0, 0.05) is 13.2 Å². The lowest BCUT2D eigenvalue weighted by molar-refractivity contribution is -0.117. The second kappa shape index (κ2) is 8.16. The molecule has 22 heavy (non-hydrogen) atoms. The Morgan fingerprint density at radius 1 is 1.45 bits per heavy atom. The summed E-state index contributed by atoms with van der Waals surface area (Å²) in [6.07, 6.45) is 5.60. The van der Waals surface area contributed by atoms with Crippen LogP contribution in [0.15, 0.2) is 47.6 Å². The average Bonchev–Trinajstić information content (AvgIpc) is 3.04. The fraction of sp³-hybridized carbons (Fsp3) is 0.333. The molecule has 1 heterocycles. The van der Waals surface area contributed by atoms with Gasteiger partial charge in [-0.15, -0.1) is 0 Å². The molecule has 4 heteroatoms. The molecule has 1 aliphatic rings. The minimum atomic E-state index is -0.348. The summed E-state index contributed by atoms with van der Waals surface area (Å²) in [4.78, 5) is 12.0. The predicted octanol–water partition coefficient (Wildman–Crippen LogP) is 2.84. The molecule has 4 nitrogen and oxygen atoms in total. The van der Waals surface area contributed by atoms with Crippen LogP contribution in [0.4, 0.5) is 0 Å². The number of hydrogen-bond donors (Lipinski definition) is 1. The summed E-state index contributed by atoms with van der Waals surface area (Å²) < 4.78 is 5.45. The summed E-state index contributed by atoms with van der Waals surface area (Å²) in [6.45, 7) is 3.08. The summed E-state index contributed by atoms with van der Waals surface area (Å²) in [5.41, 5.74) is 2.01. The van der Waals surface area contributed by atoms with E-state index in [1.165, 1.54) is 0 Å². The van der Waals surface area contributed by atoms with Gasteiger partial charge in [-0.05, 0) is 37.0 Å². The zero-order valence-corrected chi connectivity index (χ0v) is 12.7. The summed E-state index contributed by atoms with van der Waals surface area (Å²) in [5, 5.41) is 11.9. The standard InChI is InChI=1S/C18H20N2O2/c1-14(10-15-6-3-2-4-7-15)11-16(12-19)18(21)20-13-17-8-5-9-22-17/h2-4,6-7,10-11,17H,5,8-9,13H2,1H3,(H,20,21)/b14-10+,16-11+. The van der Waals surface area contributed by atoms with Crippen molar-refractivity contribution in [2.45, 2.75) is 25.9 Å². The molecular formula is C18H20N2O2. The van der Waals surface area contributed by atoms with Gasteiger partial charge in [0.2, 0.25) is 0 Å². The van der Waals surface area contributed by atoms with Gasteiger partial charge in [-0.1, -0.05) is 36.4 Å². The fourth-order valence-corrected chi connectivity index (χ4v) is 2.34. The molecular weight excluding hydrogens is 276 g/mol. The highest BCUT2D eigenvalue weighted by Crippen LogP contribution is 2.12. The van der Waals surface area contributed by atoms with Crippen molar-refractivity contribution in [3.05, 3.63) is 53.1 Å².